The molecule has 0 radical (unpaired) electrons. The van der Waals surface area contributed by atoms with E-state index in [4.69, 9.17) is 4.74 Å². The van der Waals surface area contributed by atoms with Gasteiger partial charge in [-0.2, -0.15) is 0 Å². The van der Waals surface area contributed by atoms with Crippen LogP contribution in [0.25, 0.3) is 0 Å². The molecule has 2 rings (SSSR count). The molecule has 0 saturated carbocycles. The lowest BCUT2D eigenvalue weighted by Crippen LogP contribution is -2.51. The third-order valence-electron chi connectivity index (χ3n) is 4.72. The number of hydrogen-bond donors (Lipinski definition) is 2. The molecule has 0 aromatic rings. The lowest BCUT2D eigenvalue weighted by Gasteiger charge is -2.40. The predicted molar refractivity (Wildman–Crippen MR) is 75.0 cm³/mol. The average molecular weight is 271 g/mol. The first-order valence-corrected chi connectivity index (χ1v) is 7.36. The highest BCUT2D eigenvalue weighted by atomic mass is 16.5. The van der Waals surface area contributed by atoms with E-state index >= 15 is 0 Å². The van der Waals surface area contributed by atoms with Crippen LogP contribution in [0.4, 0.5) is 0 Å². The number of likely N-dealkylation sites (tertiary alicyclic amines) is 1. The Hall–Kier alpha value is -0.160. The largest absolute Gasteiger partial charge is 0.390 e. The van der Waals surface area contributed by atoms with Crippen LogP contribution in [0.1, 0.15) is 47.5 Å². The van der Waals surface area contributed by atoms with Crippen LogP contribution in [-0.2, 0) is 4.74 Å². The highest BCUT2D eigenvalue weighted by Crippen LogP contribution is 2.42. The van der Waals surface area contributed by atoms with E-state index < -0.39 is 17.3 Å². The van der Waals surface area contributed by atoms with Crippen LogP contribution in [0, 0.1) is 5.92 Å². The van der Waals surface area contributed by atoms with Crippen LogP contribution >= 0.6 is 0 Å². The van der Waals surface area contributed by atoms with E-state index in [-0.39, 0.29) is 11.5 Å². The number of aliphatic hydroxyl groups is 2. The van der Waals surface area contributed by atoms with Gasteiger partial charge in [0.05, 0.1) is 22.9 Å². The normalized spacial score (nSPS) is 42.5. The van der Waals surface area contributed by atoms with E-state index in [2.05, 4.69) is 18.7 Å². The molecule has 19 heavy (non-hydrogen) atoms. The Morgan fingerprint density at radius 1 is 1.16 bits per heavy atom. The summed E-state index contributed by atoms with van der Waals surface area (Å²) in [7, 11) is 0. The van der Waals surface area contributed by atoms with Crippen molar-refractivity contribution < 1.29 is 14.9 Å². The third-order valence-corrected chi connectivity index (χ3v) is 4.72. The van der Waals surface area contributed by atoms with Gasteiger partial charge in [0.15, 0.2) is 0 Å². The van der Waals surface area contributed by atoms with Crippen molar-refractivity contribution in [3.63, 3.8) is 0 Å². The van der Waals surface area contributed by atoms with Crippen molar-refractivity contribution in [2.75, 3.05) is 19.6 Å². The maximum Gasteiger partial charge on any atom is 0.0896 e. The SMILES string of the molecule is CC1(O)CCCN(CC2C(O)C(C)(C)OC2(C)C)C1. The first kappa shape index (κ1) is 15.2. The number of nitrogens with zero attached hydrogens (tertiary/aromatic N) is 1. The number of piperidine rings is 1. The van der Waals surface area contributed by atoms with Crippen LogP contribution < -0.4 is 0 Å². The Kier molecular flexibility index (Phi) is 3.76. The maximum atomic E-state index is 10.5. The van der Waals surface area contributed by atoms with E-state index in [1.807, 2.05) is 20.8 Å². The van der Waals surface area contributed by atoms with Gasteiger partial charge in [-0.25, -0.2) is 0 Å². The summed E-state index contributed by atoms with van der Waals surface area (Å²) in [6, 6.07) is 0. The number of rotatable bonds is 2. The zero-order valence-electron chi connectivity index (χ0n) is 12.9. The smallest absolute Gasteiger partial charge is 0.0896 e. The fourth-order valence-electron chi connectivity index (χ4n) is 3.76. The number of ether oxygens (including phenoxy) is 1. The van der Waals surface area contributed by atoms with Gasteiger partial charge in [0.1, 0.15) is 0 Å². The molecule has 0 aromatic heterocycles. The topological polar surface area (TPSA) is 52.9 Å². The maximum absolute atomic E-state index is 10.5. The summed E-state index contributed by atoms with van der Waals surface area (Å²) in [6.45, 7) is 12.4. The molecule has 2 heterocycles. The molecule has 112 valence electrons. The molecular formula is C15H29NO3. The molecule has 3 unspecified atom stereocenters. The molecular weight excluding hydrogens is 242 g/mol. The minimum atomic E-state index is -0.595. The molecule has 2 fully saturated rings. The van der Waals surface area contributed by atoms with Crippen LogP contribution in [0.2, 0.25) is 0 Å². The summed E-state index contributed by atoms with van der Waals surface area (Å²) in [5, 5.41) is 20.7. The van der Waals surface area contributed by atoms with Gasteiger partial charge >= 0.3 is 0 Å². The number of β-amino-alcohol motifs (C(OH)–C–C–N with tert-alkyl or cyclic N) is 1. The first-order chi connectivity index (χ1) is 8.54. The molecule has 2 N–H and O–H groups in total. The summed E-state index contributed by atoms with van der Waals surface area (Å²) < 4.78 is 6.02. The fraction of sp³-hybridized carbons (Fsp3) is 1.00. The molecule has 0 bridgehead atoms. The third kappa shape index (κ3) is 3.13. The molecule has 2 saturated heterocycles. The zero-order chi connectivity index (χ0) is 14.5. The second kappa shape index (κ2) is 4.69. The molecule has 4 heteroatoms. The first-order valence-electron chi connectivity index (χ1n) is 7.36. The van der Waals surface area contributed by atoms with Crippen LogP contribution in [0.5, 0.6) is 0 Å². The molecule has 0 amide bonds. The van der Waals surface area contributed by atoms with Gasteiger partial charge in [0, 0.05) is 19.0 Å². The highest BCUT2D eigenvalue weighted by molar-refractivity contribution is 5.03. The summed E-state index contributed by atoms with van der Waals surface area (Å²) in [4.78, 5) is 2.27. The predicted octanol–water partition coefficient (Wildman–Crippen LogP) is 1.40. The van der Waals surface area contributed by atoms with Crippen molar-refractivity contribution in [2.45, 2.75) is 70.4 Å². The number of aliphatic hydroxyl groups excluding tert-OH is 1. The number of hydrogen-bond acceptors (Lipinski definition) is 4. The Bertz CT molecular complexity index is 338. The molecule has 2 aliphatic heterocycles. The molecule has 0 aromatic carbocycles. The second-order valence-electron chi connectivity index (χ2n) is 7.70. The lowest BCUT2D eigenvalue weighted by molar-refractivity contribution is -0.0923. The summed E-state index contributed by atoms with van der Waals surface area (Å²) >= 11 is 0. The van der Waals surface area contributed by atoms with E-state index in [0.29, 0.717) is 6.54 Å². The van der Waals surface area contributed by atoms with Crippen molar-refractivity contribution in [1.82, 2.24) is 4.90 Å². The van der Waals surface area contributed by atoms with E-state index in [0.717, 1.165) is 25.9 Å². The van der Waals surface area contributed by atoms with Gasteiger partial charge < -0.3 is 19.8 Å². The van der Waals surface area contributed by atoms with Gasteiger partial charge in [0.25, 0.3) is 0 Å². The summed E-state index contributed by atoms with van der Waals surface area (Å²) in [6.07, 6.45) is 1.41. The van der Waals surface area contributed by atoms with E-state index in [9.17, 15) is 10.2 Å². The van der Waals surface area contributed by atoms with Crippen molar-refractivity contribution in [1.29, 1.82) is 0 Å². The van der Waals surface area contributed by atoms with Crippen LogP contribution in [-0.4, -0.2) is 57.7 Å². The Balaban J connectivity index is 2.06. The summed E-state index contributed by atoms with van der Waals surface area (Å²) in [5.74, 6) is 0.0800. The van der Waals surface area contributed by atoms with Crippen molar-refractivity contribution in [2.24, 2.45) is 5.92 Å². The van der Waals surface area contributed by atoms with Gasteiger partial charge in [0.2, 0.25) is 0 Å². The average Bonchev–Trinajstić information content (AvgIpc) is 2.35. The minimum Gasteiger partial charge on any atom is -0.390 e. The summed E-state index contributed by atoms with van der Waals surface area (Å²) in [5.41, 5.74) is -1.42. The Morgan fingerprint density at radius 3 is 2.26 bits per heavy atom. The second-order valence-corrected chi connectivity index (χ2v) is 7.70. The standard InChI is InChI=1S/C15H29NO3/c1-13(2)11(12(17)14(3,4)19-13)9-16-8-6-7-15(5,18)10-16/h11-12,17-18H,6-10H2,1-5H3. The fourth-order valence-corrected chi connectivity index (χ4v) is 3.76. The molecule has 3 atom stereocenters. The van der Waals surface area contributed by atoms with Gasteiger partial charge in [-0.1, -0.05) is 0 Å². The molecule has 4 nitrogen and oxygen atoms in total. The van der Waals surface area contributed by atoms with Crippen molar-refractivity contribution in [3.05, 3.63) is 0 Å². The Labute approximate surface area is 116 Å². The molecule has 2 aliphatic rings. The van der Waals surface area contributed by atoms with Crippen LogP contribution in [0.15, 0.2) is 0 Å². The van der Waals surface area contributed by atoms with E-state index in [1.54, 1.807) is 0 Å². The minimum absolute atomic E-state index is 0.0800. The Morgan fingerprint density at radius 2 is 1.79 bits per heavy atom. The van der Waals surface area contributed by atoms with Gasteiger partial charge in [-0.05, 0) is 54.0 Å². The molecule has 0 spiro atoms. The quantitative estimate of drug-likeness (QED) is 0.797. The van der Waals surface area contributed by atoms with Crippen molar-refractivity contribution in [3.8, 4) is 0 Å². The van der Waals surface area contributed by atoms with E-state index in [1.165, 1.54) is 0 Å². The zero-order valence-corrected chi connectivity index (χ0v) is 12.9. The monoisotopic (exact) mass is 271 g/mol. The molecule has 0 aliphatic carbocycles. The van der Waals surface area contributed by atoms with Crippen LogP contribution in [0.3, 0.4) is 0 Å². The van der Waals surface area contributed by atoms with Gasteiger partial charge in [-0.15, -0.1) is 0 Å². The van der Waals surface area contributed by atoms with Gasteiger partial charge in [-0.3, -0.25) is 0 Å². The van der Waals surface area contributed by atoms with Crippen molar-refractivity contribution >= 4 is 0 Å². The lowest BCUT2D eigenvalue weighted by atomic mass is 9.83. The highest BCUT2D eigenvalue weighted by Gasteiger charge is 2.53.